The third-order valence-corrected chi connectivity index (χ3v) is 4.41. The second-order valence-corrected chi connectivity index (χ2v) is 6.31. The van der Waals surface area contributed by atoms with Crippen LogP contribution in [0.5, 0.6) is 11.5 Å². The number of carboxylic acid groups (broad SMARTS) is 1. The Morgan fingerprint density at radius 3 is 2.60 bits per heavy atom. The summed E-state index contributed by atoms with van der Waals surface area (Å²) in [6.07, 6.45) is 0.318. The number of carbonyl (C=O) groups is 1. The van der Waals surface area contributed by atoms with E-state index in [-0.39, 0.29) is 0 Å². The fourth-order valence-electron chi connectivity index (χ4n) is 2.89. The van der Waals surface area contributed by atoms with Crippen LogP contribution >= 0.6 is 11.6 Å². The number of carboxylic acids is 1. The molecule has 0 aliphatic carbocycles. The Bertz CT molecular complexity index is 717. The molecule has 1 aliphatic rings. The van der Waals surface area contributed by atoms with E-state index in [0.29, 0.717) is 49.2 Å². The molecule has 6 heteroatoms. The third kappa shape index (κ3) is 4.72. The van der Waals surface area contributed by atoms with Gasteiger partial charge in [-0.25, -0.2) is 0 Å². The third-order valence-electron chi connectivity index (χ3n) is 4.18. The first-order valence-corrected chi connectivity index (χ1v) is 8.57. The van der Waals surface area contributed by atoms with Crippen molar-refractivity contribution in [3.63, 3.8) is 0 Å². The first-order valence-electron chi connectivity index (χ1n) is 8.19. The number of halogens is 1. The maximum absolute atomic E-state index is 11.8. The fourth-order valence-corrected chi connectivity index (χ4v) is 3.09. The summed E-state index contributed by atoms with van der Waals surface area (Å²) in [7, 11) is 0. The van der Waals surface area contributed by atoms with Gasteiger partial charge in [0.1, 0.15) is 17.5 Å². The number of nitrogens with zero attached hydrogens (tertiary/aromatic N) is 1. The number of hydrogen-bond donors (Lipinski definition) is 1. The lowest BCUT2D eigenvalue weighted by molar-refractivity contribution is -0.145. The van der Waals surface area contributed by atoms with Crippen LogP contribution in [0.3, 0.4) is 0 Å². The van der Waals surface area contributed by atoms with Crippen molar-refractivity contribution in [1.29, 1.82) is 0 Å². The molecular weight excluding hydrogens is 342 g/mol. The Labute approximate surface area is 151 Å². The highest BCUT2D eigenvalue weighted by molar-refractivity contribution is 6.30. The van der Waals surface area contributed by atoms with Crippen LogP contribution in [0.25, 0.3) is 0 Å². The second-order valence-electron chi connectivity index (χ2n) is 5.87. The van der Waals surface area contributed by atoms with Crippen LogP contribution in [0, 0.1) is 0 Å². The summed E-state index contributed by atoms with van der Waals surface area (Å²) < 4.78 is 11.3. The Morgan fingerprint density at radius 2 is 1.92 bits per heavy atom. The Kier molecular flexibility index (Phi) is 5.91. The van der Waals surface area contributed by atoms with Gasteiger partial charge in [0, 0.05) is 24.5 Å². The van der Waals surface area contributed by atoms with Gasteiger partial charge in [0.15, 0.2) is 0 Å². The van der Waals surface area contributed by atoms with Crippen LogP contribution in [-0.2, 0) is 16.0 Å². The lowest BCUT2D eigenvalue weighted by Gasteiger charge is -2.32. The van der Waals surface area contributed by atoms with Gasteiger partial charge in [0.2, 0.25) is 0 Å². The van der Waals surface area contributed by atoms with E-state index in [0.717, 1.165) is 5.56 Å². The average Bonchev–Trinajstić information content (AvgIpc) is 2.63. The van der Waals surface area contributed by atoms with Gasteiger partial charge in [-0.2, -0.15) is 0 Å². The maximum atomic E-state index is 11.8. The normalized spacial score (nSPS) is 16.4. The van der Waals surface area contributed by atoms with Crippen molar-refractivity contribution in [3.05, 3.63) is 59.1 Å². The molecule has 2 aromatic rings. The number of benzene rings is 2. The number of morpholine rings is 1. The summed E-state index contributed by atoms with van der Waals surface area (Å²) in [4.78, 5) is 13.7. The van der Waals surface area contributed by atoms with Crippen molar-refractivity contribution in [1.82, 2.24) is 4.90 Å². The van der Waals surface area contributed by atoms with Crippen LogP contribution in [-0.4, -0.2) is 48.3 Å². The van der Waals surface area contributed by atoms with E-state index in [1.807, 2.05) is 35.2 Å². The van der Waals surface area contributed by atoms with E-state index < -0.39 is 12.0 Å². The first kappa shape index (κ1) is 17.7. The SMILES string of the molecule is O=C(O)[C@@H](Cc1cc(Cl)ccc1Oc1ccccc1)N1CCOCC1. The van der Waals surface area contributed by atoms with E-state index in [1.54, 1.807) is 18.2 Å². The molecule has 0 amide bonds. The van der Waals surface area contributed by atoms with E-state index in [2.05, 4.69) is 0 Å². The van der Waals surface area contributed by atoms with Crippen molar-refractivity contribution >= 4 is 17.6 Å². The summed E-state index contributed by atoms with van der Waals surface area (Å²) >= 11 is 6.13. The molecule has 0 saturated carbocycles. The van der Waals surface area contributed by atoms with Crippen LogP contribution in [0.4, 0.5) is 0 Å². The van der Waals surface area contributed by atoms with Crippen LogP contribution < -0.4 is 4.74 Å². The van der Waals surface area contributed by atoms with Gasteiger partial charge in [0.05, 0.1) is 13.2 Å². The number of para-hydroxylation sites is 1. The lowest BCUT2D eigenvalue weighted by Crippen LogP contribution is -2.48. The number of ether oxygens (including phenoxy) is 2. The van der Waals surface area contributed by atoms with Crippen LogP contribution in [0.1, 0.15) is 5.56 Å². The molecule has 25 heavy (non-hydrogen) atoms. The van der Waals surface area contributed by atoms with Gasteiger partial charge in [-0.1, -0.05) is 29.8 Å². The molecule has 1 atom stereocenters. The summed E-state index contributed by atoms with van der Waals surface area (Å²) in [6, 6.07) is 14.1. The van der Waals surface area contributed by atoms with E-state index in [9.17, 15) is 9.90 Å². The van der Waals surface area contributed by atoms with Gasteiger partial charge >= 0.3 is 5.97 Å². The Hall–Kier alpha value is -2.08. The number of rotatable bonds is 6. The molecule has 132 valence electrons. The molecule has 0 spiro atoms. The first-order chi connectivity index (χ1) is 12.1. The average molecular weight is 362 g/mol. The molecule has 1 saturated heterocycles. The Morgan fingerprint density at radius 1 is 1.20 bits per heavy atom. The zero-order chi connectivity index (χ0) is 17.6. The molecule has 2 aromatic carbocycles. The minimum atomic E-state index is -0.854. The molecule has 1 N–H and O–H groups in total. The molecule has 5 nitrogen and oxygen atoms in total. The molecule has 0 unspecified atom stereocenters. The summed E-state index contributed by atoms with van der Waals surface area (Å²) in [5, 5.41) is 10.2. The molecule has 0 bridgehead atoms. The molecular formula is C19H20ClNO4. The lowest BCUT2D eigenvalue weighted by atomic mass is 10.0. The maximum Gasteiger partial charge on any atom is 0.321 e. The van der Waals surface area contributed by atoms with Gasteiger partial charge in [-0.3, -0.25) is 9.69 Å². The van der Waals surface area contributed by atoms with E-state index in [1.165, 1.54) is 0 Å². The number of hydrogen-bond acceptors (Lipinski definition) is 4. The molecule has 0 radical (unpaired) electrons. The molecule has 1 aliphatic heterocycles. The molecule has 0 aromatic heterocycles. The standard InChI is InChI=1S/C19H20ClNO4/c20-15-6-7-18(25-16-4-2-1-3-5-16)14(12-15)13-17(19(22)23)21-8-10-24-11-9-21/h1-7,12,17H,8-11,13H2,(H,22,23)/t17-/m1/s1. The monoisotopic (exact) mass is 361 g/mol. The summed E-state index contributed by atoms with van der Waals surface area (Å²) in [5.74, 6) is 0.465. The zero-order valence-corrected chi connectivity index (χ0v) is 14.5. The smallest absolute Gasteiger partial charge is 0.321 e. The highest BCUT2D eigenvalue weighted by atomic mass is 35.5. The van der Waals surface area contributed by atoms with Crippen molar-refractivity contribution in [3.8, 4) is 11.5 Å². The van der Waals surface area contributed by atoms with Crippen LogP contribution in [0.15, 0.2) is 48.5 Å². The zero-order valence-electron chi connectivity index (χ0n) is 13.7. The minimum absolute atomic E-state index is 0.318. The predicted molar refractivity (Wildman–Crippen MR) is 95.5 cm³/mol. The largest absolute Gasteiger partial charge is 0.480 e. The van der Waals surface area contributed by atoms with Gasteiger partial charge in [-0.15, -0.1) is 0 Å². The summed E-state index contributed by atoms with van der Waals surface area (Å²) in [6.45, 7) is 2.30. The van der Waals surface area contributed by atoms with Gasteiger partial charge in [-0.05, 0) is 35.9 Å². The Balaban J connectivity index is 1.84. The molecule has 1 heterocycles. The topological polar surface area (TPSA) is 59.0 Å². The summed E-state index contributed by atoms with van der Waals surface area (Å²) in [5.41, 5.74) is 0.773. The molecule has 1 fully saturated rings. The second kappa shape index (κ2) is 8.34. The fraction of sp³-hybridized carbons (Fsp3) is 0.316. The van der Waals surface area contributed by atoms with Crippen molar-refractivity contribution < 1.29 is 19.4 Å². The van der Waals surface area contributed by atoms with Crippen molar-refractivity contribution in [2.45, 2.75) is 12.5 Å². The van der Waals surface area contributed by atoms with Crippen LogP contribution in [0.2, 0.25) is 5.02 Å². The van der Waals surface area contributed by atoms with Crippen molar-refractivity contribution in [2.24, 2.45) is 0 Å². The minimum Gasteiger partial charge on any atom is -0.480 e. The molecule has 3 rings (SSSR count). The van der Waals surface area contributed by atoms with Crippen molar-refractivity contribution in [2.75, 3.05) is 26.3 Å². The number of aliphatic carboxylic acids is 1. The highest BCUT2D eigenvalue weighted by Gasteiger charge is 2.28. The van der Waals surface area contributed by atoms with E-state index in [4.69, 9.17) is 21.1 Å². The van der Waals surface area contributed by atoms with E-state index >= 15 is 0 Å². The quantitative estimate of drug-likeness (QED) is 0.853. The highest BCUT2D eigenvalue weighted by Crippen LogP contribution is 2.29. The van der Waals surface area contributed by atoms with Gasteiger partial charge in [0.25, 0.3) is 0 Å². The van der Waals surface area contributed by atoms with Gasteiger partial charge < -0.3 is 14.6 Å². The predicted octanol–water partition coefficient (Wildman–Crippen LogP) is 3.46.